The Labute approximate surface area is 136 Å². The molecular weight excluding hydrogens is 288 g/mol. The first-order valence-electron chi connectivity index (χ1n) is 8.17. The molecule has 2 aromatic heterocycles. The molecule has 0 aliphatic rings. The van der Waals surface area contributed by atoms with Gasteiger partial charge in [0.05, 0.1) is 23.3 Å². The Hall–Kier alpha value is -2.30. The molecule has 0 aliphatic heterocycles. The topological polar surface area (TPSA) is 55.6 Å². The molecule has 0 atom stereocenters. The molecule has 0 saturated heterocycles. The number of aromatic amines is 1. The summed E-state index contributed by atoms with van der Waals surface area (Å²) in [6.07, 6.45) is 1.10. The van der Waals surface area contributed by atoms with Crippen molar-refractivity contribution in [3.8, 4) is 0 Å². The van der Waals surface area contributed by atoms with E-state index in [1.807, 2.05) is 31.2 Å². The number of nitrogens with zero attached hydrogens (tertiary/aromatic N) is 3. The number of rotatable bonds is 5. The summed E-state index contributed by atoms with van der Waals surface area (Å²) in [6.45, 7) is 10.0. The van der Waals surface area contributed by atoms with Gasteiger partial charge in [0.25, 0.3) is 0 Å². The SMILES string of the molecule is Cc1nc(Cn2c(=O)[nH]c3ccccc32)n(CCC(C)C)c1C. The molecule has 1 aromatic carbocycles. The minimum atomic E-state index is -0.0834. The van der Waals surface area contributed by atoms with Crippen LogP contribution in [0.3, 0.4) is 0 Å². The first-order valence-corrected chi connectivity index (χ1v) is 8.17. The maximum absolute atomic E-state index is 12.3. The van der Waals surface area contributed by atoms with E-state index in [1.165, 1.54) is 5.69 Å². The van der Waals surface area contributed by atoms with Crippen LogP contribution in [0.1, 0.15) is 37.5 Å². The number of imidazole rings is 2. The van der Waals surface area contributed by atoms with E-state index < -0.39 is 0 Å². The van der Waals surface area contributed by atoms with Crippen LogP contribution in [0.4, 0.5) is 0 Å². The van der Waals surface area contributed by atoms with E-state index in [-0.39, 0.29) is 5.69 Å². The zero-order valence-electron chi connectivity index (χ0n) is 14.3. The molecule has 0 amide bonds. The lowest BCUT2D eigenvalue weighted by molar-refractivity contribution is 0.495. The second-order valence-electron chi connectivity index (χ2n) is 6.57. The third kappa shape index (κ3) is 2.96. The lowest BCUT2D eigenvalue weighted by atomic mass is 10.1. The highest BCUT2D eigenvalue weighted by Crippen LogP contribution is 2.16. The van der Waals surface area contributed by atoms with Crippen LogP contribution in [0.5, 0.6) is 0 Å². The van der Waals surface area contributed by atoms with Crippen LogP contribution in [0, 0.1) is 19.8 Å². The van der Waals surface area contributed by atoms with Gasteiger partial charge in [-0.15, -0.1) is 0 Å². The van der Waals surface area contributed by atoms with E-state index in [4.69, 9.17) is 4.98 Å². The second-order valence-corrected chi connectivity index (χ2v) is 6.57. The van der Waals surface area contributed by atoms with Gasteiger partial charge in [-0.1, -0.05) is 26.0 Å². The van der Waals surface area contributed by atoms with Crippen molar-refractivity contribution in [2.75, 3.05) is 0 Å². The van der Waals surface area contributed by atoms with Gasteiger partial charge in [-0.3, -0.25) is 4.57 Å². The Balaban J connectivity index is 2.00. The van der Waals surface area contributed by atoms with Crippen LogP contribution < -0.4 is 5.69 Å². The van der Waals surface area contributed by atoms with Crippen LogP contribution >= 0.6 is 0 Å². The Morgan fingerprint density at radius 2 is 1.91 bits per heavy atom. The maximum atomic E-state index is 12.3. The van der Waals surface area contributed by atoms with Crippen molar-refractivity contribution < 1.29 is 0 Å². The van der Waals surface area contributed by atoms with Crippen molar-refractivity contribution in [1.82, 2.24) is 19.1 Å². The van der Waals surface area contributed by atoms with Crippen molar-refractivity contribution in [2.24, 2.45) is 5.92 Å². The summed E-state index contributed by atoms with van der Waals surface area (Å²) in [6, 6.07) is 7.78. The average Bonchev–Trinajstić information content (AvgIpc) is 2.96. The van der Waals surface area contributed by atoms with Gasteiger partial charge >= 0.3 is 5.69 Å². The normalized spacial score (nSPS) is 11.7. The molecule has 3 aromatic rings. The molecule has 1 N–H and O–H groups in total. The van der Waals surface area contributed by atoms with E-state index in [1.54, 1.807) is 4.57 Å². The average molecular weight is 312 g/mol. The van der Waals surface area contributed by atoms with E-state index in [2.05, 4.69) is 30.3 Å². The molecule has 0 unspecified atom stereocenters. The molecule has 23 heavy (non-hydrogen) atoms. The number of hydrogen-bond acceptors (Lipinski definition) is 2. The van der Waals surface area contributed by atoms with Crippen LogP contribution in [0.25, 0.3) is 11.0 Å². The standard InChI is InChI=1S/C18H24N4O/c1-12(2)9-10-21-14(4)13(3)19-17(21)11-22-16-8-6-5-7-15(16)20-18(22)23/h5-8,12H,9-11H2,1-4H3,(H,20,23). The van der Waals surface area contributed by atoms with E-state index >= 15 is 0 Å². The van der Waals surface area contributed by atoms with Gasteiger partial charge in [-0.25, -0.2) is 9.78 Å². The summed E-state index contributed by atoms with van der Waals surface area (Å²) < 4.78 is 4.02. The predicted octanol–water partition coefficient (Wildman–Crippen LogP) is 3.24. The third-order valence-electron chi connectivity index (χ3n) is 4.45. The van der Waals surface area contributed by atoms with Crippen LogP contribution in [-0.2, 0) is 13.1 Å². The van der Waals surface area contributed by atoms with Crippen molar-refractivity contribution in [3.63, 3.8) is 0 Å². The number of fused-ring (bicyclic) bond motifs is 1. The second kappa shape index (κ2) is 6.07. The molecule has 0 bridgehead atoms. The number of para-hydroxylation sites is 2. The fraction of sp³-hybridized carbons (Fsp3) is 0.444. The quantitative estimate of drug-likeness (QED) is 0.786. The molecule has 122 valence electrons. The van der Waals surface area contributed by atoms with E-state index in [0.29, 0.717) is 12.5 Å². The molecular formula is C18H24N4O. The largest absolute Gasteiger partial charge is 0.331 e. The Morgan fingerprint density at radius 3 is 2.65 bits per heavy atom. The molecule has 5 heteroatoms. The summed E-state index contributed by atoms with van der Waals surface area (Å²) in [7, 11) is 0. The third-order valence-corrected chi connectivity index (χ3v) is 4.45. The molecule has 0 radical (unpaired) electrons. The van der Waals surface area contributed by atoms with E-state index in [0.717, 1.165) is 35.5 Å². The maximum Gasteiger partial charge on any atom is 0.326 e. The van der Waals surface area contributed by atoms with Gasteiger partial charge in [0, 0.05) is 12.2 Å². The Bertz CT molecular complexity index is 882. The van der Waals surface area contributed by atoms with Gasteiger partial charge in [0.15, 0.2) is 0 Å². The van der Waals surface area contributed by atoms with Gasteiger partial charge < -0.3 is 9.55 Å². The molecule has 3 rings (SSSR count). The minimum absolute atomic E-state index is 0.0834. The van der Waals surface area contributed by atoms with Gasteiger partial charge in [0.2, 0.25) is 0 Å². The summed E-state index contributed by atoms with van der Waals surface area (Å²) in [5, 5.41) is 0. The summed E-state index contributed by atoms with van der Waals surface area (Å²) in [5.74, 6) is 1.59. The lowest BCUT2D eigenvalue weighted by Crippen LogP contribution is -2.20. The molecule has 0 aliphatic carbocycles. The zero-order chi connectivity index (χ0) is 16.6. The monoisotopic (exact) mass is 312 g/mol. The summed E-state index contributed by atoms with van der Waals surface area (Å²) in [5.41, 5.74) is 3.93. The highest BCUT2D eigenvalue weighted by Gasteiger charge is 2.14. The zero-order valence-corrected chi connectivity index (χ0v) is 14.3. The van der Waals surface area contributed by atoms with Crippen LogP contribution in [0.2, 0.25) is 0 Å². The van der Waals surface area contributed by atoms with Gasteiger partial charge in [-0.05, 0) is 38.3 Å². The highest BCUT2D eigenvalue weighted by molar-refractivity contribution is 5.74. The minimum Gasteiger partial charge on any atom is -0.331 e. The van der Waals surface area contributed by atoms with Crippen molar-refractivity contribution in [1.29, 1.82) is 0 Å². The van der Waals surface area contributed by atoms with Crippen LogP contribution in [0.15, 0.2) is 29.1 Å². The van der Waals surface area contributed by atoms with Crippen molar-refractivity contribution in [2.45, 2.75) is 47.2 Å². The number of aromatic nitrogens is 4. The first-order chi connectivity index (χ1) is 11.0. The van der Waals surface area contributed by atoms with Gasteiger partial charge in [-0.2, -0.15) is 0 Å². The van der Waals surface area contributed by atoms with Crippen molar-refractivity contribution in [3.05, 3.63) is 52.0 Å². The molecule has 0 saturated carbocycles. The molecule has 0 fully saturated rings. The first kappa shape index (κ1) is 15.6. The smallest absolute Gasteiger partial charge is 0.326 e. The Kier molecular flexibility index (Phi) is 4.11. The molecule has 5 nitrogen and oxygen atoms in total. The van der Waals surface area contributed by atoms with E-state index in [9.17, 15) is 4.79 Å². The number of hydrogen-bond donors (Lipinski definition) is 1. The number of H-pyrrole nitrogens is 1. The number of aryl methyl sites for hydroxylation is 1. The molecule has 2 heterocycles. The Morgan fingerprint density at radius 1 is 1.17 bits per heavy atom. The number of benzene rings is 1. The fourth-order valence-corrected chi connectivity index (χ4v) is 2.93. The van der Waals surface area contributed by atoms with Gasteiger partial charge in [0.1, 0.15) is 5.82 Å². The summed E-state index contributed by atoms with van der Waals surface area (Å²) >= 11 is 0. The number of nitrogens with one attached hydrogen (secondary N) is 1. The summed E-state index contributed by atoms with van der Waals surface area (Å²) in [4.78, 5) is 19.9. The molecule has 0 spiro atoms. The predicted molar refractivity (Wildman–Crippen MR) is 92.8 cm³/mol. The van der Waals surface area contributed by atoms with Crippen LogP contribution in [-0.4, -0.2) is 19.1 Å². The highest BCUT2D eigenvalue weighted by atomic mass is 16.1. The lowest BCUT2D eigenvalue weighted by Gasteiger charge is -2.12. The fourth-order valence-electron chi connectivity index (χ4n) is 2.93. The van der Waals surface area contributed by atoms with Crippen molar-refractivity contribution >= 4 is 11.0 Å².